The molecule has 0 spiro atoms. The van der Waals surface area contributed by atoms with E-state index in [0.717, 1.165) is 25.7 Å². The minimum Gasteiger partial charge on any atom is -0.480 e. The van der Waals surface area contributed by atoms with Crippen LogP contribution in [0.3, 0.4) is 0 Å². The number of aliphatic carboxylic acids is 1. The molecule has 3 unspecified atom stereocenters. The molecule has 2 saturated heterocycles. The smallest absolute Gasteiger partial charge is 0.321 e. The zero-order valence-corrected chi connectivity index (χ0v) is 8.67. The summed E-state index contributed by atoms with van der Waals surface area (Å²) in [6.45, 7) is 0.414. The minimum absolute atomic E-state index is 0.209. The van der Waals surface area contributed by atoms with Gasteiger partial charge in [-0.2, -0.15) is 0 Å². The summed E-state index contributed by atoms with van der Waals surface area (Å²) in [6, 6.07) is -0.128. The van der Waals surface area contributed by atoms with E-state index in [9.17, 15) is 9.90 Å². The van der Waals surface area contributed by atoms with Crippen molar-refractivity contribution >= 4 is 5.97 Å². The van der Waals surface area contributed by atoms with E-state index in [2.05, 4.69) is 4.90 Å². The van der Waals surface area contributed by atoms with Crippen molar-refractivity contribution in [3.8, 4) is 0 Å². The first-order chi connectivity index (χ1) is 7.08. The molecule has 5 nitrogen and oxygen atoms in total. The highest BCUT2D eigenvalue weighted by Crippen LogP contribution is 2.35. The average molecular weight is 214 g/mol. The molecule has 0 aliphatic carbocycles. The zero-order chi connectivity index (χ0) is 11.0. The van der Waals surface area contributed by atoms with Gasteiger partial charge in [0.1, 0.15) is 6.04 Å². The van der Waals surface area contributed by atoms with Gasteiger partial charge in [0.2, 0.25) is 0 Å². The van der Waals surface area contributed by atoms with Gasteiger partial charge in [0.15, 0.2) is 0 Å². The topological polar surface area (TPSA) is 86.8 Å². The molecule has 3 atom stereocenters. The molecule has 0 saturated carbocycles. The van der Waals surface area contributed by atoms with Crippen molar-refractivity contribution in [2.75, 3.05) is 6.54 Å². The number of aliphatic hydroxyl groups is 1. The monoisotopic (exact) mass is 214 g/mol. The molecule has 2 rings (SSSR count). The highest BCUT2D eigenvalue weighted by Gasteiger charge is 2.41. The predicted octanol–water partition coefficient (Wildman–Crippen LogP) is -0.614. The molecular formula is C10H18N2O3. The summed E-state index contributed by atoms with van der Waals surface area (Å²) in [5.41, 5.74) is 5.53. The van der Waals surface area contributed by atoms with E-state index >= 15 is 0 Å². The van der Waals surface area contributed by atoms with Crippen LogP contribution in [0.2, 0.25) is 0 Å². The second-order valence-electron chi connectivity index (χ2n) is 4.65. The van der Waals surface area contributed by atoms with Gasteiger partial charge >= 0.3 is 5.97 Å². The van der Waals surface area contributed by atoms with Crippen molar-refractivity contribution in [2.45, 2.75) is 49.9 Å². The Labute approximate surface area is 88.9 Å². The van der Waals surface area contributed by atoms with Gasteiger partial charge in [-0.25, -0.2) is 0 Å². The van der Waals surface area contributed by atoms with Gasteiger partial charge in [-0.3, -0.25) is 9.69 Å². The predicted molar refractivity (Wildman–Crippen MR) is 54.4 cm³/mol. The molecule has 5 heteroatoms. The number of aliphatic hydroxyl groups excluding tert-OH is 1. The summed E-state index contributed by atoms with van der Waals surface area (Å²) < 4.78 is 0. The number of fused-ring (bicyclic) bond motifs is 2. The van der Waals surface area contributed by atoms with Gasteiger partial charge < -0.3 is 15.9 Å². The van der Waals surface area contributed by atoms with Gasteiger partial charge in [-0.15, -0.1) is 0 Å². The van der Waals surface area contributed by atoms with Gasteiger partial charge in [-0.1, -0.05) is 0 Å². The van der Waals surface area contributed by atoms with E-state index in [4.69, 9.17) is 10.8 Å². The summed E-state index contributed by atoms with van der Waals surface area (Å²) in [5, 5.41) is 18.3. The van der Waals surface area contributed by atoms with Crippen molar-refractivity contribution in [2.24, 2.45) is 5.73 Å². The van der Waals surface area contributed by atoms with Crippen LogP contribution in [0.25, 0.3) is 0 Å². The lowest BCUT2D eigenvalue weighted by atomic mass is 9.99. The molecule has 2 aliphatic heterocycles. The molecule has 0 aromatic heterocycles. The number of nitrogens with zero attached hydrogens (tertiary/aromatic N) is 1. The largest absolute Gasteiger partial charge is 0.480 e. The van der Waals surface area contributed by atoms with Crippen LogP contribution in [0.15, 0.2) is 0 Å². The third-order valence-electron chi connectivity index (χ3n) is 3.58. The van der Waals surface area contributed by atoms with Crippen molar-refractivity contribution in [3.63, 3.8) is 0 Å². The Morgan fingerprint density at radius 1 is 1.40 bits per heavy atom. The normalized spacial score (nSPS) is 37.9. The lowest BCUT2D eigenvalue weighted by Crippen LogP contribution is -2.51. The second-order valence-corrected chi connectivity index (χ2v) is 4.65. The lowest BCUT2D eigenvalue weighted by Gasteiger charge is -2.37. The molecule has 0 radical (unpaired) electrons. The molecule has 2 fully saturated rings. The third kappa shape index (κ3) is 2.14. The third-order valence-corrected chi connectivity index (χ3v) is 3.58. The Morgan fingerprint density at radius 2 is 1.93 bits per heavy atom. The summed E-state index contributed by atoms with van der Waals surface area (Å²) >= 11 is 0. The van der Waals surface area contributed by atoms with Crippen molar-refractivity contribution in [3.05, 3.63) is 0 Å². The van der Waals surface area contributed by atoms with E-state index in [1.807, 2.05) is 0 Å². The molecule has 2 aliphatic rings. The first-order valence-corrected chi connectivity index (χ1v) is 5.50. The maximum atomic E-state index is 10.7. The van der Waals surface area contributed by atoms with E-state index in [0.29, 0.717) is 18.6 Å². The van der Waals surface area contributed by atoms with Crippen LogP contribution in [-0.2, 0) is 4.79 Å². The first-order valence-electron chi connectivity index (χ1n) is 5.50. The fraction of sp³-hybridized carbons (Fsp3) is 0.900. The number of piperidine rings is 1. The molecule has 0 aromatic carbocycles. The Hall–Kier alpha value is -0.650. The maximum Gasteiger partial charge on any atom is 0.321 e. The first kappa shape index (κ1) is 10.9. The molecule has 2 heterocycles. The van der Waals surface area contributed by atoms with E-state index < -0.39 is 12.0 Å². The summed E-state index contributed by atoms with van der Waals surface area (Å²) in [7, 11) is 0. The highest BCUT2D eigenvalue weighted by atomic mass is 16.4. The molecule has 0 aromatic rings. The van der Waals surface area contributed by atoms with Crippen LogP contribution < -0.4 is 5.73 Å². The van der Waals surface area contributed by atoms with Gasteiger partial charge in [0, 0.05) is 18.6 Å². The van der Waals surface area contributed by atoms with Gasteiger partial charge in [0.05, 0.1) is 6.10 Å². The van der Waals surface area contributed by atoms with Crippen LogP contribution in [-0.4, -0.2) is 51.9 Å². The number of rotatable bonds is 3. The van der Waals surface area contributed by atoms with E-state index in [1.54, 1.807) is 0 Å². The molecule has 15 heavy (non-hydrogen) atoms. The molecule has 4 N–H and O–H groups in total. The quantitative estimate of drug-likeness (QED) is 0.583. The summed E-state index contributed by atoms with van der Waals surface area (Å²) in [5.74, 6) is -0.944. The number of carboxylic acids is 1. The number of carboxylic acid groups (broad SMARTS) is 1. The van der Waals surface area contributed by atoms with Crippen LogP contribution in [0.1, 0.15) is 25.7 Å². The fourth-order valence-corrected chi connectivity index (χ4v) is 2.85. The van der Waals surface area contributed by atoms with Crippen molar-refractivity contribution in [1.29, 1.82) is 0 Å². The van der Waals surface area contributed by atoms with Crippen molar-refractivity contribution < 1.29 is 15.0 Å². The molecule has 0 amide bonds. The molecule has 86 valence electrons. The molecular weight excluding hydrogens is 196 g/mol. The number of hydrogen-bond acceptors (Lipinski definition) is 4. The van der Waals surface area contributed by atoms with Crippen LogP contribution in [0.5, 0.6) is 0 Å². The fourth-order valence-electron chi connectivity index (χ4n) is 2.85. The highest BCUT2D eigenvalue weighted by molar-refractivity contribution is 5.73. The van der Waals surface area contributed by atoms with E-state index in [-0.39, 0.29) is 6.10 Å². The second kappa shape index (κ2) is 4.08. The Morgan fingerprint density at radius 3 is 2.40 bits per heavy atom. The lowest BCUT2D eigenvalue weighted by molar-refractivity contribution is -0.139. The standard InChI is InChI=1S/C10H18N2O3/c11-9(10(14)15)5-12-6-1-2-7(12)4-8(13)3-6/h6-9,13H,1-5,11H2,(H,14,15). The van der Waals surface area contributed by atoms with Crippen LogP contribution in [0.4, 0.5) is 0 Å². The van der Waals surface area contributed by atoms with Gasteiger partial charge in [0.25, 0.3) is 0 Å². The minimum atomic E-state index is -0.944. The zero-order valence-electron chi connectivity index (χ0n) is 8.67. The Balaban J connectivity index is 1.96. The van der Waals surface area contributed by atoms with Crippen LogP contribution in [0, 0.1) is 0 Å². The van der Waals surface area contributed by atoms with Crippen molar-refractivity contribution in [1.82, 2.24) is 4.90 Å². The van der Waals surface area contributed by atoms with Gasteiger partial charge in [-0.05, 0) is 25.7 Å². The average Bonchev–Trinajstić information content (AvgIpc) is 2.42. The van der Waals surface area contributed by atoms with Crippen LogP contribution >= 0.6 is 0 Å². The molecule has 2 bridgehead atoms. The number of hydrogen-bond donors (Lipinski definition) is 3. The van der Waals surface area contributed by atoms with E-state index in [1.165, 1.54) is 0 Å². The summed E-state index contributed by atoms with van der Waals surface area (Å²) in [4.78, 5) is 12.8. The SMILES string of the molecule is NC(CN1C2CCC1CC(O)C2)C(=O)O. The Bertz CT molecular complexity index is 245. The summed E-state index contributed by atoms with van der Waals surface area (Å²) in [6.07, 6.45) is 3.45. The maximum absolute atomic E-state index is 10.7. The Kier molecular flexibility index (Phi) is 2.95. The number of nitrogens with two attached hydrogens (primary N) is 1. The number of carbonyl (C=O) groups is 1.